The van der Waals surface area contributed by atoms with Crippen LogP contribution in [-0.2, 0) is 11.3 Å². The van der Waals surface area contributed by atoms with Crippen molar-refractivity contribution in [2.24, 2.45) is 0 Å². The Kier molecular flexibility index (Phi) is 5.38. The van der Waals surface area contributed by atoms with Gasteiger partial charge in [0.1, 0.15) is 5.60 Å². The number of amides is 1. The van der Waals surface area contributed by atoms with Crippen molar-refractivity contribution >= 4 is 6.09 Å². The second-order valence-electron chi connectivity index (χ2n) is 8.56. The van der Waals surface area contributed by atoms with Gasteiger partial charge >= 0.3 is 6.09 Å². The van der Waals surface area contributed by atoms with Crippen LogP contribution in [0.3, 0.4) is 0 Å². The van der Waals surface area contributed by atoms with Crippen LogP contribution in [0.4, 0.5) is 4.79 Å². The lowest BCUT2D eigenvalue weighted by Gasteiger charge is -2.51. The molecule has 0 bridgehead atoms. The molecule has 4 heteroatoms. The third-order valence-electron chi connectivity index (χ3n) is 5.55. The highest BCUT2D eigenvalue weighted by atomic mass is 16.6. The Morgan fingerprint density at radius 2 is 1.72 bits per heavy atom. The molecule has 2 aliphatic rings. The van der Waals surface area contributed by atoms with Crippen LogP contribution in [0.1, 0.15) is 58.4 Å². The average Bonchev–Trinajstić information content (AvgIpc) is 2.57. The number of rotatable bonds is 2. The number of likely N-dealkylation sites (tertiary alicyclic amines) is 2. The molecule has 0 unspecified atom stereocenters. The predicted octanol–water partition coefficient (Wildman–Crippen LogP) is 4.44. The summed E-state index contributed by atoms with van der Waals surface area (Å²) >= 11 is 0. The van der Waals surface area contributed by atoms with Crippen molar-refractivity contribution < 1.29 is 9.53 Å². The molecular formula is C21H32N2O2. The molecule has 0 radical (unpaired) electrons. The first-order chi connectivity index (χ1) is 11.9. The van der Waals surface area contributed by atoms with Gasteiger partial charge in [0.15, 0.2) is 0 Å². The average molecular weight is 344 g/mol. The Morgan fingerprint density at radius 3 is 2.36 bits per heavy atom. The van der Waals surface area contributed by atoms with Crippen molar-refractivity contribution in [2.75, 3.05) is 19.6 Å². The molecule has 2 aliphatic heterocycles. The van der Waals surface area contributed by atoms with Crippen molar-refractivity contribution in [1.82, 2.24) is 9.80 Å². The molecule has 0 atom stereocenters. The minimum Gasteiger partial charge on any atom is -0.444 e. The van der Waals surface area contributed by atoms with Gasteiger partial charge in [-0.15, -0.1) is 0 Å². The van der Waals surface area contributed by atoms with Gasteiger partial charge in [-0.3, -0.25) is 4.90 Å². The fourth-order valence-corrected chi connectivity index (χ4v) is 4.20. The first kappa shape index (κ1) is 18.2. The molecule has 138 valence electrons. The van der Waals surface area contributed by atoms with Gasteiger partial charge in [-0.2, -0.15) is 0 Å². The zero-order chi connectivity index (χ0) is 17.9. The molecule has 1 aromatic rings. The third-order valence-corrected chi connectivity index (χ3v) is 5.55. The molecular weight excluding hydrogens is 312 g/mol. The van der Waals surface area contributed by atoms with Crippen molar-refractivity contribution in [3.05, 3.63) is 35.9 Å². The molecule has 0 saturated carbocycles. The largest absolute Gasteiger partial charge is 0.444 e. The molecule has 1 amide bonds. The summed E-state index contributed by atoms with van der Waals surface area (Å²) < 4.78 is 5.55. The summed E-state index contributed by atoms with van der Waals surface area (Å²) in [5.74, 6) is 0. The zero-order valence-corrected chi connectivity index (χ0v) is 16.0. The van der Waals surface area contributed by atoms with Crippen LogP contribution in [0.25, 0.3) is 0 Å². The lowest BCUT2D eigenvalue weighted by Crippen LogP contribution is -2.58. The summed E-state index contributed by atoms with van der Waals surface area (Å²) in [5.41, 5.74) is 1.22. The second kappa shape index (κ2) is 7.36. The molecule has 25 heavy (non-hydrogen) atoms. The SMILES string of the molecule is CC(C)(C)OC(=O)N1CCC2(CCCCN2Cc2ccccc2)CC1. The number of hydrogen-bond acceptors (Lipinski definition) is 3. The van der Waals surface area contributed by atoms with Gasteiger partial charge < -0.3 is 9.64 Å². The number of ether oxygens (including phenoxy) is 1. The molecule has 0 aliphatic carbocycles. The lowest BCUT2D eigenvalue weighted by atomic mass is 9.78. The van der Waals surface area contributed by atoms with E-state index in [0.717, 1.165) is 32.5 Å². The quantitative estimate of drug-likeness (QED) is 0.795. The normalized spacial score (nSPS) is 21.3. The number of carbonyl (C=O) groups excluding carboxylic acids is 1. The summed E-state index contributed by atoms with van der Waals surface area (Å²) in [6.45, 7) is 9.59. The van der Waals surface area contributed by atoms with Gasteiger partial charge in [0.05, 0.1) is 0 Å². The molecule has 0 aromatic heterocycles. The second-order valence-corrected chi connectivity index (χ2v) is 8.56. The Hall–Kier alpha value is -1.55. The summed E-state index contributed by atoms with van der Waals surface area (Å²) in [4.78, 5) is 16.9. The van der Waals surface area contributed by atoms with E-state index in [1.807, 2.05) is 25.7 Å². The number of benzene rings is 1. The summed E-state index contributed by atoms with van der Waals surface area (Å²) in [7, 11) is 0. The maximum Gasteiger partial charge on any atom is 0.410 e. The van der Waals surface area contributed by atoms with E-state index in [1.165, 1.54) is 31.4 Å². The summed E-state index contributed by atoms with van der Waals surface area (Å²) in [6.07, 6.45) is 5.79. The van der Waals surface area contributed by atoms with Crippen molar-refractivity contribution in [3.63, 3.8) is 0 Å². The van der Waals surface area contributed by atoms with E-state index in [1.54, 1.807) is 0 Å². The standard InChI is InChI=1S/C21H32N2O2/c1-20(2,3)25-19(24)22-15-12-21(13-16-22)11-7-8-14-23(21)17-18-9-5-4-6-10-18/h4-6,9-10H,7-8,11-17H2,1-3H3. The number of hydrogen-bond donors (Lipinski definition) is 0. The van der Waals surface area contributed by atoms with E-state index in [0.29, 0.717) is 0 Å². The van der Waals surface area contributed by atoms with Crippen LogP contribution in [0.5, 0.6) is 0 Å². The predicted molar refractivity (Wildman–Crippen MR) is 100 cm³/mol. The van der Waals surface area contributed by atoms with E-state index in [2.05, 4.69) is 35.2 Å². The minimum atomic E-state index is -0.420. The fourth-order valence-electron chi connectivity index (χ4n) is 4.20. The maximum absolute atomic E-state index is 12.3. The van der Waals surface area contributed by atoms with E-state index >= 15 is 0 Å². The Labute approximate surface area is 152 Å². The molecule has 2 heterocycles. The highest BCUT2D eigenvalue weighted by Gasteiger charge is 2.42. The van der Waals surface area contributed by atoms with Gasteiger partial charge in [-0.25, -0.2) is 4.79 Å². The van der Waals surface area contributed by atoms with Crippen LogP contribution in [0.15, 0.2) is 30.3 Å². The fraction of sp³-hybridized carbons (Fsp3) is 0.667. The molecule has 1 aromatic carbocycles. The van der Waals surface area contributed by atoms with Gasteiger partial charge in [-0.1, -0.05) is 36.8 Å². The highest BCUT2D eigenvalue weighted by Crippen LogP contribution is 2.38. The van der Waals surface area contributed by atoms with Crippen LogP contribution < -0.4 is 0 Å². The van der Waals surface area contributed by atoms with Crippen LogP contribution in [0.2, 0.25) is 0 Å². The molecule has 1 spiro atoms. The third kappa shape index (κ3) is 4.55. The summed E-state index contributed by atoms with van der Waals surface area (Å²) in [6, 6.07) is 10.8. The van der Waals surface area contributed by atoms with E-state index in [-0.39, 0.29) is 11.6 Å². The number of piperidine rings is 2. The number of nitrogens with zero attached hydrogens (tertiary/aromatic N) is 2. The Morgan fingerprint density at radius 1 is 1.04 bits per heavy atom. The first-order valence-corrected chi connectivity index (χ1v) is 9.65. The molecule has 2 saturated heterocycles. The highest BCUT2D eigenvalue weighted by molar-refractivity contribution is 5.68. The monoisotopic (exact) mass is 344 g/mol. The maximum atomic E-state index is 12.3. The van der Waals surface area contributed by atoms with Crippen molar-refractivity contribution in [1.29, 1.82) is 0 Å². The first-order valence-electron chi connectivity index (χ1n) is 9.65. The van der Waals surface area contributed by atoms with Crippen LogP contribution >= 0.6 is 0 Å². The molecule has 0 N–H and O–H groups in total. The van der Waals surface area contributed by atoms with Gasteiger partial charge in [0.25, 0.3) is 0 Å². The van der Waals surface area contributed by atoms with E-state index in [9.17, 15) is 4.79 Å². The smallest absolute Gasteiger partial charge is 0.410 e. The number of carbonyl (C=O) groups is 1. The molecule has 4 nitrogen and oxygen atoms in total. The zero-order valence-electron chi connectivity index (χ0n) is 16.0. The van der Waals surface area contributed by atoms with Gasteiger partial charge in [0.2, 0.25) is 0 Å². The van der Waals surface area contributed by atoms with Gasteiger partial charge in [-0.05, 0) is 58.6 Å². The van der Waals surface area contributed by atoms with Gasteiger partial charge in [0, 0.05) is 25.2 Å². The summed E-state index contributed by atoms with van der Waals surface area (Å²) in [5, 5.41) is 0. The van der Waals surface area contributed by atoms with Crippen LogP contribution in [-0.4, -0.2) is 46.7 Å². The van der Waals surface area contributed by atoms with E-state index in [4.69, 9.17) is 4.74 Å². The molecule has 2 fully saturated rings. The van der Waals surface area contributed by atoms with Crippen molar-refractivity contribution in [3.8, 4) is 0 Å². The van der Waals surface area contributed by atoms with Crippen molar-refractivity contribution in [2.45, 2.75) is 70.6 Å². The minimum absolute atomic E-state index is 0.159. The topological polar surface area (TPSA) is 32.8 Å². The Bertz CT molecular complexity index is 571. The van der Waals surface area contributed by atoms with E-state index < -0.39 is 5.60 Å². The Balaban J connectivity index is 1.64. The van der Waals surface area contributed by atoms with Crippen LogP contribution in [0, 0.1) is 0 Å². The lowest BCUT2D eigenvalue weighted by molar-refractivity contribution is -0.0259. The molecule has 3 rings (SSSR count).